The number of hydrogen-bond donors (Lipinski definition) is 3. The van der Waals surface area contributed by atoms with Gasteiger partial charge in [0.05, 0.1) is 20.3 Å². The van der Waals surface area contributed by atoms with E-state index in [9.17, 15) is 8.42 Å². The summed E-state index contributed by atoms with van der Waals surface area (Å²) in [5.74, 6) is 0. The van der Waals surface area contributed by atoms with Crippen LogP contribution in [0.2, 0.25) is 0 Å². The van der Waals surface area contributed by atoms with Gasteiger partial charge in [0.25, 0.3) is 0 Å². The Morgan fingerprint density at radius 1 is 0.621 bits per heavy atom. The minimum atomic E-state index is -4.16. The van der Waals surface area contributed by atoms with Crippen LogP contribution in [0, 0.1) is 0 Å². The van der Waals surface area contributed by atoms with Gasteiger partial charge in [0.1, 0.15) is 0 Å². The van der Waals surface area contributed by atoms with E-state index in [-0.39, 0.29) is 13.2 Å². The maximum Gasteiger partial charge on any atom is 0.397 e. The molecule has 180 valence electrons. The molecule has 0 aromatic rings. The molecule has 0 rings (SSSR count). The predicted molar refractivity (Wildman–Crippen MR) is 134 cm³/mol. The van der Waals surface area contributed by atoms with E-state index in [2.05, 4.69) is 96.3 Å². The highest BCUT2D eigenvalue weighted by atomic mass is 32.3. The van der Waals surface area contributed by atoms with Gasteiger partial charge in [-0.05, 0) is 13.8 Å². The van der Waals surface area contributed by atoms with Crippen molar-refractivity contribution < 1.29 is 32.1 Å². The van der Waals surface area contributed by atoms with E-state index in [1.54, 1.807) is 0 Å². The van der Waals surface area contributed by atoms with Crippen LogP contribution in [0.1, 0.15) is 13.8 Å². The molecule has 0 aromatic carbocycles. The van der Waals surface area contributed by atoms with Crippen molar-refractivity contribution in [1.29, 1.82) is 0 Å². The Balaban J connectivity index is -0.0000000181. The molecular formula is C21H48O7S. The highest BCUT2D eigenvalue weighted by Gasteiger charge is 1.94. The van der Waals surface area contributed by atoms with Crippen LogP contribution in [0.5, 0.6) is 0 Å². The molecule has 0 aliphatic rings. The van der Waals surface area contributed by atoms with Gasteiger partial charge in [-0.2, -0.15) is 8.42 Å². The molecule has 0 heterocycles. The number of aliphatic hydroxyl groups excluding tert-OH is 2. The average molecular weight is 445 g/mol. The lowest BCUT2D eigenvalue weighted by Gasteiger charge is -1.86. The first kappa shape index (κ1) is 63.2. The summed E-state index contributed by atoms with van der Waals surface area (Å²) in [7, 11) is -3.29. The van der Waals surface area contributed by atoms with Gasteiger partial charge in [-0.1, -0.05) is 0 Å². The van der Waals surface area contributed by atoms with Crippen molar-refractivity contribution in [1.82, 2.24) is 0 Å². The predicted octanol–water partition coefficient (Wildman–Crippen LogP) is 5.06. The van der Waals surface area contributed by atoms with Gasteiger partial charge in [-0.3, -0.25) is 8.74 Å². The highest BCUT2D eigenvalue weighted by molar-refractivity contribution is 7.80. The largest absolute Gasteiger partial charge is 0.397 e. The van der Waals surface area contributed by atoms with E-state index >= 15 is 0 Å². The standard InChI is InChI=1S/C4H10O.C2H6O2.7C2H4.CH4O4S/c1-3-5-4-2;3-1-2-4;7*1-2;1-5-6(2,3)4/h3-4H2,1-2H3;3-4H,1-2H2;7*1-2H2;1H3,(H,2,3,4). The topological polar surface area (TPSA) is 113 Å². The molecule has 0 atom stereocenters. The second-order valence-corrected chi connectivity index (χ2v) is 3.01. The first-order valence-electron chi connectivity index (χ1n) is 7.71. The summed E-state index contributed by atoms with van der Waals surface area (Å²) < 4.78 is 34.5. The van der Waals surface area contributed by atoms with Crippen LogP contribution in [-0.2, 0) is 19.3 Å². The summed E-state index contributed by atoms with van der Waals surface area (Å²) in [6.45, 7) is 47.4. The number of rotatable bonds is 4. The molecule has 0 saturated heterocycles. The fraction of sp³-hybridized carbons (Fsp3) is 0.333. The van der Waals surface area contributed by atoms with Crippen molar-refractivity contribution in [3.05, 3.63) is 92.1 Å². The van der Waals surface area contributed by atoms with Crippen LogP contribution in [0.25, 0.3) is 0 Å². The Morgan fingerprint density at radius 3 is 0.759 bits per heavy atom. The summed E-state index contributed by atoms with van der Waals surface area (Å²) in [5.41, 5.74) is 0. The maximum absolute atomic E-state index is 9.33. The van der Waals surface area contributed by atoms with Gasteiger partial charge >= 0.3 is 10.4 Å². The zero-order valence-corrected chi connectivity index (χ0v) is 19.9. The third-order valence-corrected chi connectivity index (χ3v) is 1.14. The van der Waals surface area contributed by atoms with Crippen molar-refractivity contribution in [3.63, 3.8) is 0 Å². The van der Waals surface area contributed by atoms with Crippen LogP contribution in [0.15, 0.2) is 92.1 Å². The van der Waals surface area contributed by atoms with Crippen molar-refractivity contribution in [2.75, 3.05) is 33.5 Å². The summed E-state index contributed by atoms with van der Waals surface area (Å²) in [5, 5.41) is 15.2. The summed E-state index contributed by atoms with van der Waals surface area (Å²) in [6, 6.07) is 0. The van der Waals surface area contributed by atoms with E-state index in [0.29, 0.717) is 0 Å². The Labute approximate surface area is 182 Å². The molecule has 29 heavy (non-hydrogen) atoms. The van der Waals surface area contributed by atoms with Crippen molar-refractivity contribution in [2.45, 2.75) is 13.8 Å². The Kier molecular flexibility index (Phi) is 356. The lowest BCUT2D eigenvalue weighted by Crippen LogP contribution is -1.96. The SMILES string of the molecule is C=C.C=C.C=C.C=C.C=C.C=C.C=C.CCOCC.COS(=O)(=O)O.OCCO. The van der Waals surface area contributed by atoms with E-state index in [1.807, 2.05) is 13.8 Å². The quantitative estimate of drug-likeness (QED) is 0.410. The Morgan fingerprint density at radius 2 is 0.759 bits per heavy atom. The van der Waals surface area contributed by atoms with Gasteiger partial charge < -0.3 is 14.9 Å². The summed E-state index contributed by atoms with van der Waals surface area (Å²) in [6.07, 6.45) is 0. The molecule has 0 radical (unpaired) electrons. The lowest BCUT2D eigenvalue weighted by molar-refractivity contribution is 0.162. The average Bonchev–Trinajstić information content (AvgIpc) is 2.83. The smallest absolute Gasteiger partial charge is 0.394 e. The van der Waals surface area contributed by atoms with Crippen LogP contribution in [0.3, 0.4) is 0 Å². The minimum Gasteiger partial charge on any atom is -0.394 e. The molecule has 0 aliphatic heterocycles. The van der Waals surface area contributed by atoms with Crippen LogP contribution in [0.4, 0.5) is 0 Å². The van der Waals surface area contributed by atoms with E-state index in [1.165, 1.54) is 0 Å². The fourth-order valence-corrected chi connectivity index (χ4v) is 0.204. The van der Waals surface area contributed by atoms with E-state index < -0.39 is 10.4 Å². The van der Waals surface area contributed by atoms with Crippen LogP contribution >= 0.6 is 0 Å². The fourth-order valence-electron chi connectivity index (χ4n) is 0.204. The summed E-state index contributed by atoms with van der Waals surface area (Å²) in [4.78, 5) is 0. The van der Waals surface area contributed by atoms with Gasteiger partial charge in [0.2, 0.25) is 0 Å². The van der Waals surface area contributed by atoms with Gasteiger partial charge in [0, 0.05) is 13.2 Å². The lowest BCUT2D eigenvalue weighted by atomic mass is 10.8. The Bertz CT molecular complexity index is 249. The number of ether oxygens (including phenoxy) is 1. The van der Waals surface area contributed by atoms with Gasteiger partial charge in [-0.25, -0.2) is 0 Å². The van der Waals surface area contributed by atoms with Crippen molar-refractivity contribution in [3.8, 4) is 0 Å². The molecule has 3 N–H and O–H groups in total. The second-order valence-electron chi connectivity index (χ2n) is 1.82. The van der Waals surface area contributed by atoms with Crippen molar-refractivity contribution in [2.24, 2.45) is 0 Å². The van der Waals surface area contributed by atoms with Gasteiger partial charge in [0.15, 0.2) is 0 Å². The molecule has 0 bridgehead atoms. The second kappa shape index (κ2) is 163. The number of aliphatic hydroxyl groups is 2. The molecule has 7 nitrogen and oxygen atoms in total. The van der Waals surface area contributed by atoms with Gasteiger partial charge in [-0.15, -0.1) is 92.1 Å². The van der Waals surface area contributed by atoms with E-state index in [4.69, 9.17) is 19.5 Å². The highest BCUT2D eigenvalue weighted by Crippen LogP contribution is 1.74. The minimum absolute atomic E-state index is 0.125. The van der Waals surface area contributed by atoms with E-state index in [0.717, 1.165) is 20.3 Å². The molecule has 8 heteroatoms. The molecule has 0 aromatic heterocycles. The van der Waals surface area contributed by atoms with Crippen molar-refractivity contribution >= 4 is 10.4 Å². The molecule has 0 aliphatic carbocycles. The van der Waals surface area contributed by atoms with Crippen LogP contribution in [-0.4, -0.2) is 56.7 Å². The summed E-state index contributed by atoms with van der Waals surface area (Å²) >= 11 is 0. The molecule has 0 saturated carbocycles. The number of hydrogen-bond acceptors (Lipinski definition) is 6. The molecule has 0 spiro atoms. The zero-order valence-electron chi connectivity index (χ0n) is 19.1. The molecule has 0 unspecified atom stereocenters. The normalized spacial score (nSPS) is 5.86. The first-order chi connectivity index (χ1) is 13.9. The maximum atomic E-state index is 9.33. The van der Waals surface area contributed by atoms with Crippen LogP contribution < -0.4 is 0 Å². The zero-order chi connectivity index (χ0) is 26.7. The molecular weight excluding hydrogens is 396 g/mol. The Hall–Kier alpha value is -2.07. The third kappa shape index (κ3) is 961. The molecule has 0 amide bonds. The monoisotopic (exact) mass is 444 g/mol. The third-order valence-electron chi connectivity index (χ3n) is 0.719. The molecule has 0 fully saturated rings. The first-order valence-corrected chi connectivity index (χ1v) is 9.08.